The van der Waals surface area contributed by atoms with Gasteiger partial charge in [0.2, 0.25) is 5.91 Å². The quantitative estimate of drug-likeness (QED) is 0.262. The number of carbonyl (C=O) groups is 1. The number of nitrogens with zero attached hydrogens (tertiary/aromatic N) is 3. The molecule has 8 heteroatoms. The zero-order valence-corrected chi connectivity index (χ0v) is 21.8. The zero-order valence-electron chi connectivity index (χ0n) is 20.2. The minimum Gasteiger partial charge on any atom is -0.497 e. The van der Waals surface area contributed by atoms with E-state index in [0.29, 0.717) is 11.1 Å². The topological polar surface area (TPSA) is 69.0 Å². The first-order valence-corrected chi connectivity index (χ1v) is 13.5. The molecule has 0 aliphatic heterocycles. The summed E-state index contributed by atoms with van der Waals surface area (Å²) in [5.74, 6) is 1.93. The van der Waals surface area contributed by atoms with E-state index in [1.54, 1.807) is 18.9 Å². The van der Waals surface area contributed by atoms with E-state index in [4.69, 9.17) is 4.74 Å². The molecule has 0 radical (unpaired) electrons. The second-order valence-electron chi connectivity index (χ2n) is 8.12. The summed E-state index contributed by atoms with van der Waals surface area (Å²) in [6.45, 7) is 4.33. The summed E-state index contributed by atoms with van der Waals surface area (Å²) in [7, 11) is 1.65. The summed E-state index contributed by atoms with van der Waals surface area (Å²) in [5, 5.41) is 12.7. The predicted octanol–water partition coefficient (Wildman–Crippen LogP) is 6.52. The van der Waals surface area contributed by atoms with Crippen molar-refractivity contribution in [3.63, 3.8) is 0 Å². The Morgan fingerprint density at radius 1 is 1.00 bits per heavy atom. The minimum absolute atomic E-state index is 0.0887. The smallest absolute Gasteiger partial charge is 0.234 e. The third kappa shape index (κ3) is 5.71. The van der Waals surface area contributed by atoms with E-state index in [-0.39, 0.29) is 11.7 Å². The SMILES string of the molecule is COc1ccc(-c2nnc(SCC(=O)Nc3ccccc3SC)n2-c2ccccc2C(C)C)cc1. The van der Waals surface area contributed by atoms with Crippen LogP contribution in [0.15, 0.2) is 82.8 Å². The number of amides is 1. The third-order valence-corrected chi connectivity index (χ3v) is 7.22. The van der Waals surface area contributed by atoms with Gasteiger partial charge in [-0.25, -0.2) is 0 Å². The van der Waals surface area contributed by atoms with Crippen LogP contribution in [0.3, 0.4) is 0 Å². The molecule has 0 atom stereocenters. The van der Waals surface area contributed by atoms with E-state index in [9.17, 15) is 4.79 Å². The number of carbonyl (C=O) groups excluding carboxylic acids is 1. The number of anilines is 1. The van der Waals surface area contributed by atoms with Gasteiger partial charge in [0.05, 0.1) is 24.2 Å². The largest absolute Gasteiger partial charge is 0.497 e. The molecule has 0 aliphatic carbocycles. The second-order valence-corrected chi connectivity index (χ2v) is 9.91. The van der Waals surface area contributed by atoms with E-state index in [1.165, 1.54) is 17.3 Å². The van der Waals surface area contributed by atoms with Crippen molar-refractivity contribution in [1.82, 2.24) is 14.8 Å². The summed E-state index contributed by atoms with van der Waals surface area (Å²) < 4.78 is 7.36. The van der Waals surface area contributed by atoms with E-state index >= 15 is 0 Å². The second kappa shape index (κ2) is 11.5. The molecule has 1 amide bonds. The van der Waals surface area contributed by atoms with Crippen LogP contribution in [-0.2, 0) is 4.79 Å². The Morgan fingerprint density at radius 2 is 1.71 bits per heavy atom. The summed E-state index contributed by atoms with van der Waals surface area (Å²) in [6.07, 6.45) is 2.00. The number of hydrogen-bond donors (Lipinski definition) is 1. The van der Waals surface area contributed by atoms with Crippen LogP contribution in [0.1, 0.15) is 25.3 Å². The van der Waals surface area contributed by atoms with Gasteiger partial charge in [0.25, 0.3) is 0 Å². The van der Waals surface area contributed by atoms with E-state index in [1.807, 2.05) is 71.5 Å². The van der Waals surface area contributed by atoms with E-state index < -0.39 is 0 Å². The maximum atomic E-state index is 12.8. The normalized spacial score (nSPS) is 11.0. The highest BCUT2D eigenvalue weighted by atomic mass is 32.2. The Balaban J connectivity index is 1.67. The van der Waals surface area contributed by atoms with Crippen LogP contribution in [0.5, 0.6) is 5.75 Å². The van der Waals surface area contributed by atoms with Gasteiger partial charge in [-0.05, 0) is 60.2 Å². The van der Waals surface area contributed by atoms with Crippen LogP contribution in [0.2, 0.25) is 0 Å². The fourth-order valence-electron chi connectivity index (χ4n) is 3.75. The van der Waals surface area contributed by atoms with Gasteiger partial charge in [-0.15, -0.1) is 22.0 Å². The molecule has 0 saturated carbocycles. The summed E-state index contributed by atoms with van der Waals surface area (Å²) in [4.78, 5) is 13.8. The molecular formula is C27H28N4O2S2. The van der Waals surface area contributed by atoms with Crippen LogP contribution < -0.4 is 10.1 Å². The molecule has 4 aromatic rings. The first kappa shape index (κ1) is 24.9. The number of rotatable bonds is 9. The molecule has 0 saturated heterocycles. The molecule has 0 fully saturated rings. The lowest BCUT2D eigenvalue weighted by molar-refractivity contribution is -0.113. The van der Waals surface area contributed by atoms with E-state index in [2.05, 4.69) is 41.5 Å². The van der Waals surface area contributed by atoms with Gasteiger partial charge in [0.15, 0.2) is 11.0 Å². The van der Waals surface area contributed by atoms with Crippen molar-refractivity contribution in [2.75, 3.05) is 24.4 Å². The van der Waals surface area contributed by atoms with Gasteiger partial charge in [0, 0.05) is 10.5 Å². The standard InChI is InChI=1S/C27H28N4O2S2/c1-18(2)21-9-5-7-11-23(21)31-26(19-13-15-20(33-3)16-14-19)29-30-27(31)35-17-25(32)28-22-10-6-8-12-24(22)34-4/h5-16,18H,17H2,1-4H3,(H,28,32). The third-order valence-electron chi connectivity index (χ3n) is 5.49. The van der Waals surface area contributed by atoms with Gasteiger partial charge in [-0.1, -0.05) is 55.9 Å². The molecule has 35 heavy (non-hydrogen) atoms. The number of benzene rings is 3. The summed E-state index contributed by atoms with van der Waals surface area (Å²) in [6, 6.07) is 23.8. The Bertz CT molecular complexity index is 1300. The van der Waals surface area contributed by atoms with Crippen molar-refractivity contribution in [2.24, 2.45) is 0 Å². The number of thioether (sulfide) groups is 2. The Labute approximate surface area is 214 Å². The van der Waals surface area contributed by atoms with Crippen molar-refractivity contribution in [3.05, 3.63) is 78.4 Å². The fourth-order valence-corrected chi connectivity index (χ4v) is 5.05. The highest BCUT2D eigenvalue weighted by Gasteiger charge is 2.20. The average Bonchev–Trinajstić information content (AvgIpc) is 3.31. The molecule has 0 aliphatic rings. The van der Waals surface area contributed by atoms with E-state index in [0.717, 1.165) is 33.4 Å². The molecule has 0 unspecified atom stereocenters. The van der Waals surface area contributed by atoms with Crippen LogP contribution in [-0.4, -0.2) is 39.8 Å². The lowest BCUT2D eigenvalue weighted by atomic mass is 10.0. The number of methoxy groups -OCH3 is 1. The molecule has 180 valence electrons. The lowest BCUT2D eigenvalue weighted by Crippen LogP contribution is -2.15. The molecule has 1 N–H and O–H groups in total. The van der Waals surface area contributed by atoms with Crippen molar-refractivity contribution < 1.29 is 9.53 Å². The lowest BCUT2D eigenvalue weighted by Gasteiger charge is -2.17. The number of hydrogen-bond acceptors (Lipinski definition) is 6. The van der Waals surface area contributed by atoms with Crippen LogP contribution >= 0.6 is 23.5 Å². The molecule has 3 aromatic carbocycles. The Morgan fingerprint density at radius 3 is 2.43 bits per heavy atom. The van der Waals surface area contributed by atoms with Crippen LogP contribution in [0.25, 0.3) is 17.1 Å². The molecule has 0 bridgehead atoms. The fraction of sp³-hybridized carbons (Fsp3) is 0.222. The van der Waals surface area contributed by atoms with Crippen molar-refractivity contribution in [2.45, 2.75) is 29.8 Å². The highest BCUT2D eigenvalue weighted by molar-refractivity contribution is 7.99. The molecule has 6 nitrogen and oxygen atoms in total. The number of para-hydroxylation sites is 2. The van der Waals surface area contributed by atoms with Gasteiger partial charge in [0.1, 0.15) is 5.75 Å². The van der Waals surface area contributed by atoms with Crippen LogP contribution in [0.4, 0.5) is 5.69 Å². The molecular weight excluding hydrogens is 476 g/mol. The minimum atomic E-state index is -0.0887. The predicted molar refractivity (Wildman–Crippen MR) is 145 cm³/mol. The van der Waals surface area contributed by atoms with Crippen molar-refractivity contribution >= 4 is 35.1 Å². The number of aromatic nitrogens is 3. The number of ether oxygens (including phenoxy) is 1. The zero-order chi connectivity index (χ0) is 24.8. The van der Waals surface area contributed by atoms with Gasteiger partial charge in [-0.3, -0.25) is 9.36 Å². The summed E-state index contributed by atoms with van der Waals surface area (Å²) in [5.41, 5.74) is 3.93. The average molecular weight is 505 g/mol. The first-order valence-electron chi connectivity index (χ1n) is 11.3. The molecule has 4 rings (SSSR count). The first-order chi connectivity index (χ1) is 17.0. The van der Waals surface area contributed by atoms with Gasteiger partial charge < -0.3 is 10.1 Å². The molecule has 1 aromatic heterocycles. The molecule has 0 spiro atoms. The molecule has 1 heterocycles. The maximum absolute atomic E-state index is 12.8. The van der Waals surface area contributed by atoms with Crippen LogP contribution in [0, 0.1) is 0 Å². The monoisotopic (exact) mass is 504 g/mol. The van der Waals surface area contributed by atoms with Gasteiger partial charge >= 0.3 is 0 Å². The maximum Gasteiger partial charge on any atom is 0.234 e. The Kier molecular flexibility index (Phi) is 8.15. The van der Waals surface area contributed by atoms with Crippen molar-refractivity contribution in [3.8, 4) is 22.8 Å². The summed E-state index contributed by atoms with van der Waals surface area (Å²) >= 11 is 2.97. The number of nitrogens with one attached hydrogen (secondary N) is 1. The van der Waals surface area contributed by atoms with Crippen molar-refractivity contribution in [1.29, 1.82) is 0 Å². The van der Waals surface area contributed by atoms with Gasteiger partial charge in [-0.2, -0.15) is 0 Å². The Hall–Kier alpha value is -3.23. The highest BCUT2D eigenvalue weighted by Crippen LogP contribution is 2.33.